The Morgan fingerprint density at radius 2 is 2.29 bits per heavy atom. The van der Waals surface area contributed by atoms with Crippen LogP contribution in [0.15, 0.2) is 18.4 Å². The maximum Gasteiger partial charge on any atom is 0.251 e. The molecule has 0 saturated carbocycles. The molecule has 0 aromatic heterocycles. The number of nitrogens with one attached hydrogen (secondary N) is 1. The van der Waals surface area contributed by atoms with Gasteiger partial charge in [-0.25, -0.2) is 0 Å². The Hall–Kier alpha value is -0.700. The minimum absolute atomic E-state index is 0.244. The second-order valence-electron chi connectivity index (χ2n) is 3.40. The van der Waals surface area contributed by atoms with Crippen LogP contribution in [0.3, 0.4) is 0 Å². The van der Waals surface area contributed by atoms with Crippen molar-refractivity contribution in [3.8, 4) is 0 Å². The van der Waals surface area contributed by atoms with E-state index in [-0.39, 0.29) is 5.91 Å². The van der Waals surface area contributed by atoms with E-state index in [0.29, 0.717) is 6.54 Å². The Bertz CT molecular complexity index is 253. The molecule has 0 atom stereocenters. The molecule has 1 fully saturated rings. The fourth-order valence-corrected chi connectivity index (χ4v) is 2.58. The molecule has 0 aromatic rings. The molecule has 1 amide bonds. The molecule has 0 bridgehead atoms. The average Bonchev–Trinajstić information content (AvgIpc) is 2.17. The van der Waals surface area contributed by atoms with Gasteiger partial charge in [-0.2, -0.15) is 11.8 Å². The Morgan fingerprint density at radius 1 is 1.64 bits per heavy atom. The fraction of sp³-hybridized carbons (Fsp3) is 0.600. The van der Waals surface area contributed by atoms with E-state index in [9.17, 15) is 9.90 Å². The van der Waals surface area contributed by atoms with Crippen molar-refractivity contribution in [2.45, 2.75) is 18.4 Å². The van der Waals surface area contributed by atoms with Gasteiger partial charge in [-0.1, -0.05) is 6.58 Å². The van der Waals surface area contributed by atoms with Crippen molar-refractivity contribution in [3.05, 3.63) is 18.4 Å². The van der Waals surface area contributed by atoms with Crippen LogP contribution < -0.4 is 5.32 Å². The smallest absolute Gasteiger partial charge is 0.251 e. The van der Waals surface area contributed by atoms with E-state index >= 15 is 0 Å². The molecular weight excluding hydrogens is 198 g/mol. The fourth-order valence-electron chi connectivity index (χ4n) is 1.32. The van der Waals surface area contributed by atoms with Crippen molar-refractivity contribution in [1.29, 1.82) is 0 Å². The summed E-state index contributed by atoms with van der Waals surface area (Å²) in [6, 6.07) is 0. The number of carbonyl (C=O) groups is 1. The maximum atomic E-state index is 11.0. The van der Waals surface area contributed by atoms with Gasteiger partial charge in [0.25, 0.3) is 5.91 Å². The summed E-state index contributed by atoms with van der Waals surface area (Å²) in [6.07, 6.45) is 2.73. The highest BCUT2D eigenvalue weighted by Gasteiger charge is 2.29. The molecule has 1 aliphatic heterocycles. The van der Waals surface area contributed by atoms with E-state index in [4.69, 9.17) is 0 Å². The topological polar surface area (TPSA) is 49.3 Å². The Kier molecular flexibility index (Phi) is 4.26. The number of hydrogen-bond acceptors (Lipinski definition) is 3. The Balaban J connectivity index is 2.35. The number of aliphatic hydroxyl groups is 1. The predicted octanol–water partition coefficient (Wildman–Crippen LogP) is 0.702. The van der Waals surface area contributed by atoms with Gasteiger partial charge in [0.05, 0.1) is 5.60 Å². The van der Waals surface area contributed by atoms with E-state index in [0.717, 1.165) is 24.3 Å². The number of hydrogen-bond donors (Lipinski definition) is 2. The van der Waals surface area contributed by atoms with Crippen LogP contribution in [0.25, 0.3) is 0 Å². The first-order valence-electron chi connectivity index (χ1n) is 4.60. The third-order valence-electron chi connectivity index (χ3n) is 2.25. The lowest BCUT2D eigenvalue weighted by atomic mass is 9.97. The van der Waals surface area contributed by atoms with Crippen LogP contribution in [0.1, 0.15) is 12.8 Å². The molecule has 1 aliphatic rings. The van der Waals surface area contributed by atoms with Gasteiger partial charge >= 0.3 is 0 Å². The van der Waals surface area contributed by atoms with Crippen LogP contribution in [-0.2, 0) is 4.79 Å². The van der Waals surface area contributed by atoms with Crippen molar-refractivity contribution in [2.75, 3.05) is 18.1 Å². The van der Waals surface area contributed by atoms with Crippen molar-refractivity contribution in [1.82, 2.24) is 5.32 Å². The summed E-state index contributed by atoms with van der Waals surface area (Å²) >= 11 is 1.84. The Labute approximate surface area is 88.3 Å². The first-order valence-corrected chi connectivity index (χ1v) is 5.75. The Morgan fingerprint density at radius 3 is 2.86 bits per heavy atom. The molecule has 4 heteroatoms. The lowest BCUT2D eigenvalue weighted by molar-refractivity contribution is -0.117. The lowest BCUT2D eigenvalue weighted by Gasteiger charge is -2.31. The molecule has 1 saturated heterocycles. The lowest BCUT2D eigenvalue weighted by Crippen LogP contribution is -2.44. The van der Waals surface area contributed by atoms with E-state index in [1.165, 1.54) is 6.08 Å². The zero-order chi connectivity index (χ0) is 10.4. The molecular formula is C10H15NO2S. The molecule has 2 N–H and O–H groups in total. The summed E-state index contributed by atoms with van der Waals surface area (Å²) < 4.78 is 0. The zero-order valence-electron chi connectivity index (χ0n) is 8.08. The van der Waals surface area contributed by atoms with E-state index in [1.807, 2.05) is 11.8 Å². The minimum Gasteiger partial charge on any atom is -0.388 e. The first kappa shape index (κ1) is 11.4. The van der Waals surface area contributed by atoms with Crippen LogP contribution >= 0.6 is 11.8 Å². The maximum absolute atomic E-state index is 11.0. The van der Waals surface area contributed by atoms with Crippen LogP contribution in [0.4, 0.5) is 0 Å². The number of amides is 1. The molecule has 78 valence electrons. The molecule has 3 nitrogen and oxygen atoms in total. The van der Waals surface area contributed by atoms with Gasteiger partial charge in [0.1, 0.15) is 0 Å². The second kappa shape index (κ2) is 5.25. The number of thioether (sulfide) groups is 1. The molecule has 14 heavy (non-hydrogen) atoms. The molecule has 0 spiro atoms. The van der Waals surface area contributed by atoms with Crippen LogP contribution in [0.5, 0.6) is 0 Å². The minimum atomic E-state index is -0.712. The number of rotatable bonds is 3. The van der Waals surface area contributed by atoms with Crippen molar-refractivity contribution < 1.29 is 9.90 Å². The van der Waals surface area contributed by atoms with Gasteiger partial charge in [-0.3, -0.25) is 4.79 Å². The third-order valence-corrected chi connectivity index (χ3v) is 3.23. The molecule has 0 radical (unpaired) electrons. The normalized spacial score (nSPS) is 19.5. The van der Waals surface area contributed by atoms with Gasteiger partial charge in [0.2, 0.25) is 0 Å². The predicted molar refractivity (Wildman–Crippen MR) is 58.2 cm³/mol. The highest BCUT2D eigenvalue weighted by atomic mass is 32.2. The standard InChI is InChI=1S/C10H15NO2S/c1-2-3-9(12)11-8-10(13)4-6-14-7-5-10/h3,13H,1,4-8H2,(H,11,12). The first-order chi connectivity index (χ1) is 6.66. The van der Waals surface area contributed by atoms with Crippen molar-refractivity contribution in [3.63, 3.8) is 0 Å². The largest absolute Gasteiger partial charge is 0.388 e. The summed E-state index contributed by atoms with van der Waals surface area (Å²) in [5.41, 5.74) is 1.68. The van der Waals surface area contributed by atoms with Gasteiger partial charge < -0.3 is 10.4 Å². The molecule has 1 heterocycles. The second-order valence-corrected chi connectivity index (χ2v) is 4.63. The van der Waals surface area contributed by atoms with E-state index in [1.54, 1.807) is 0 Å². The van der Waals surface area contributed by atoms with Gasteiger partial charge in [-0.05, 0) is 24.3 Å². The third kappa shape index (κ3) is 3.58. The monoisotopic (exact) mass is 213 g/mol. The summed E-state index contributed by atoms with van der Waals surface area (Å²) in [7, 11) is 0. The summed E-state index contributed by atoms with van der Waals surface area (Å²) in [5, 5.41) is 12.6. The van der Waals surface area contributed by atoms with Crippen LogP contribution in [0.2, 0.25) is 0 Å². The average molecular weight is 213 g/mol. The van der Waals surface area contributed by atoms with Crippen LogP contribution in [-0.4, -0.2) is 34.7 Å². The van der Waals surface area contributed by atoms with E-state index < -0.39 is 5.60 Å². The highest BCUT2D eigenvalue weighted by Crippen LogP contribution is 2.25. The summed E-state index contributed by atoms with van der Waals surface area (Å²) in [6.45, 7) is 3.63. The SMILES string of the molecule is C=C=CC(=O)NCC1(O)CCSCC1. The van der Waals surface area contributed by atoms with Gasteiger partial charge in [0, 0.05) is 12.6 Å². The van der Waals surface area contributed by atoms with Gasteiger partial charge in [0.15, 0.2) is 0 Å². The highest BCUT2D eigenvalue weighted by molar-refractivity contribution is 7.99. The molecule has 0 aromatic carbocycles. The van der Waals surface area contributed by atoms with Crippen molar-refractivity contribution in [2.24, 2.45) is 0 Å². The quantitative estimate of drug-likeness (QED) is 0.536. The van der Waals surface area contributed by atoms with Gasteiger partial charge in [-0.15, -0.1) is 5.73 Å². The molecule has 1 rings (SSSR count). The molecule has 0 aliphatic carbocycles. The number of carbonyl (C=O) groups excluding carboxylic acids is 1. The zero-order valence-corrected chi connectivity index (χ0v) is 8.90. The summed E-state index contributed by atoms with van der Waals surface area (Å²) in [4.78, 5) is 11.0. The van der Waals surface area contributed by atoms with Crippen LogP contribution in [0, 0.1) is 0 Å². The summed E-state index contributed by atoms with van der Waals surface area (Å²) in [5.74, 6) is 1.68. The molecule has 0 unspecified atom stereocenters. The van der Waals surface area contributed by atoms with E-state index in [2.05, 4.69) is 17.6 Å². The van der Waals surface area contributed by atoms with Crippen molar-refractivity contribution >= 4 is 17.7 Å².